The number of rotatable bonds is 5. The van der Waals surface area contributed by atoms with Crippen LogP contribution in [0.4, 0.5) is 14.9 Å². The lowest BCUT2D eigenvalue weighted by Gasteiger charge is -2.26. The average Bonchev–Trinajstić information content (AvgIpc) is 2.87. The summed E-state index contributed by atoms with van der Waals surface area (Å²) in [7, 11) is 1.51. The molecule has 7 heteroatoms. The van der Waals surface area contributed by atoms with Crippen molar-refractivity contribution in [2.75, 3.05) is 12.0 Å². The van der Waals surface area contributed by atoms with E-state index in [1.54, 1.807) is 30.3 Å². The van der Waals surface area contributed by atoms with E-state index in [4.69, 9.17) is 4.74 Å². The molecule has 1 N–H and O–H groups in total. The van der Waals surface area contributed by atoms with Gasteiger partial charge in [0.05, 0.1) is 12.8 Å². The van der Waals surface area contributed by atoms with Crippen molar-refractivity contribution in [1.29, 1.82) is 0 Å². The lowest BCUT2D eigenvalue weighted by atomic mass is 9.92. The number of hydrogen-bond acceptors (Lipinski definition) is 4. The number of methoxy groups -OCH3 is 1. The van der Waals surface area contributed by atoms with Crippen LogP contribution in [0.3, 0.4) is 0 Å². The zero-order valence-corrected chi connectivity index (χ0v) is 19.3. The summed E-state index contributed by atoms with van der Waals surface area (Å²) >= 11 is 0. The molecular weight excluding hydrogens is 459 g/mol. The average molecular weight is 480 g/mol. The number of nitrogens with zero attached hydrogens (tertiary/aromatic N) is 1. The van der Waals surface area contributed by atoms with Crippen molar-refractivity contribution in [3.8, 4) is 5.75 Å². The van der Waals surface area contributed by atoms with Gasteiger partial charge in [0.25, 0.3) is 11.8 Å². The van der Waals surface area contributed by atoms with Gasteiger partial charge in [-0.1, -0.05) is 48.5 Å². The van der Waals surface area contributed by atoms with Gasteiger partial charge in [0.2, 0.25) is 0 Å². The van der Waals surface area contributed by atoms with E-state index in [-0.39, 0.29) is 11.4 Å². The number of benzene rings is 4. The van der Waals surface area contributed by atoms with E-state index in [0.29, 0.717) is 23.4 Å². The predicted octanol–water partition coefficient (Wildman–Crippen LogP) is 5.24. The molecule has 0 saturated carbocycles. The van der Waals surface area contributed by atoms with Crippen molar-refractivity contribution in [2.45, 2.75) is 6.42 Å². The third-order valence-electron chi connectivity index (χ3n) is 6.07. The maximum absolute atomic E-state index is 13.8. The Kier molecular flexibility index (Phi) is 6.04. The molecule has 0 aliphatic carbocycles. The number of anilines is 1. The second-order valence-electron chi connectivity index (χ2n) is 8.32. The molecule has 178 valence electrons. The molecule has 0 bridgehead atoms. The second-order valence-corrected chi connectivity index (χ2v) is 8.32. The van der Waals surface area contributed by atoms with Crippen LogP contribution in [0.5, 0.6) is 5.75 Å². The van der Waals surface area contributed by atoms with Gasteiger partial charge in [-0.3, -0.25) is 14.9 Å². The molecule has 4 amide bonds. The molecule has 0 spiro atoms. The Morgan fingerprint density at radius 3 is 2.44 bits per heavy atom. The fourth-order valence-corrected chi connectivity index (χ4v) is 4.30. The highest BCUT2D eigenvalue weighted by Gasteiger charge is 2.37. The molecule has 0 radical (unpaired) electrons. The fourth-order valence-electron chi connectivity index (χ4n) is 4.30. The number of fused-ring (bicyclic) bond motifs is 1. The van der Waals surface area contributed by atoms with E-state index in [1.807, 2.05) is 42.5 Å². The van der Waals surface area contributed by atoms with Crippen molar-refractivity contribution in [3.63, 3.8) is 0 Å². The molecule has 0 unspecified atom stereocenters. The van der Waals surface area contributed by atoms with Crippen molar-refractivity contribution in [2.24, 2.45) is 0 Å². The van der Waals surface area contributed by atoms with Gasteiger partial charge in [0.1, 0.15) is 17.1 Å². The van der Waals surface area contributed by atoms with Crippen LogP contribution in [0.1, 0.15) is 16.7 Å². The number of nitrogens with one attached hydrogen (secondary N) is 1. The Bertz CT molecular complexity index is 1540. The summed E-state index contributed by atoms with van der Waals surface area (Å²) in [6.07, 6.45) is 1.90. The number of amides is 4. The van der Waals surface area contributed by atoms with Gasteiger partial charge in [-0.25, -0.2) is 14.1 Å². The maximum atomic E-state index is 13.8. The summed E-state index contributed by atoms with van der Waals surface area (Å²) < 4.78 is 19.0. The predicted molar refractivity (Wildman–Crippen MR) is 135 cm³/mol. The molecule has 4 aromatic rings. The highest BCUT2D eigenvalue weighted by Crippen LogP contribution is 2.29. The minimum Gasteiger partial charge on any atom is -0.497 e. The number of barbiturate groups is 1. The van der Waals surface area contributed by atoms with E-state index >= 15 is 0 Å². The Labute approximate surface area is 206 Å². The number of urea groups is 1. The molecule has 4 aromatic carbocycles. The molecule has 6 nitrogen and oxygen atoms in total. The first-order valence-electron chi connectivity index (χ1n) is 11.2. The van der Waals surface area contributed by atoms with Gasteiger partial charge in [-0.2, -0.15) is 0 Å². The van der Waals surface area contributed by atoms with E-state index in [0.717, 1.165) is 26.8 Å². The van der Waals surface area contributed by atoms with Crippen LogP contribution < -0.4 is 15.0 Å². The van der Waals surface area contributed by atoms with E-state index < -0.39 is 17.8 Å². The van der Waals surface area contributed by atoms with E-state index in [2.05, 4.69) is 5.32 Å². The van der Waals surface area contributed by atoms with Crippen LogP contribution in [0.2, 0.25) is 0 Å². The molecule has 1 aliphatic rings. The first-order valence-corrected chi connectivity index (χ1v) is 11.2. The number of hydrogen-bond donors (Lipinski definition) is 1. The third-order valence-corrected chi connectivity index (χ3v) is 6.07. The van der Waals surface area contributed by atoms with Crippen LogP contribution in [0, 0.1) is 5.82 Å². The number of halogens is 1. The number of ether oxygens (including phenoxy) is 1. The lowest BCUT2D eigenvalue weighted by molar-refractivity contribution is -0.122. The van der Waals surface area contributed by atoms with E-state index in [9.17, 15) is 18.8 Å². The minimum atomic E-state index is -0.828. The summed E-state index contributed by atoms with van der Waals surface area (Å²) in [6, 6.07) is 23.3. The minimum absolute atomic E-state index is 0.178. The molecule has 1 fully saturated rings. The van der Waals surface area contributed by atoms with Gasteiger partial charge in [-0.15, -0.1) is 0 Å². The SMILES string of the molecule is COc1ccc(N2C(=O)NC(=O)/C(=C\c3c(Cc4cccc(F)c4)ccc4ccccc34)C2=O)cc1. The maximum Gasteiger partial charge on any atom is 0.335 e. The molecule has 0 aromatic heterocycles. The molecule has 1 saturated heterocycles. The zero-order chi connectivity index (χ0) is 25.2. The highest BCUT2D eigenvalue weighted by atomic mass is 19.1. The van der Waals surface area contributed by atoms with Crippen LogP contribution >= 0.6 is 0 Å². The topological polar surface area (TPSA) is 75.7 Å². The summed E-state index contributed by atoms with van der Waals surface area (Å²) in [6.45, 7) is 0. The Balaban J connectivity index is 1.62. The van der Waals surface area contributed by atoms with Crippen molar-refractivity contribution < 1.29 is 23.5 Å². The summed E-state index contributed by atoms with van der Waals surface area (Å²) in [5.41, 5.74) is 2.33. The summed E-state index contributed by atoms with van der Waals surface area (Å²) in [5, 5.41) is 4.00. The molecular formula is C29H21FN2O4. The third kappa shape index (κ3) is 4.34. The number of imide groups is 2. The highest BCUT2D eigenvalue weighted by molar-refractivity contribution is 6.39. The van der Waals surface area contributed by atoms with Crippen molar-refractivity contribution in [1.82, 2.24) is 5.32 Å². The normalized spacial score (nSPS) is 14.9. The molecule has 5 rings (SSSR count). The summed E-state index contributed by atoms with van der Waals surface area (Å²) in [5.74, 6) is -1.30. The van der Waals surface area contributed by atoms with Gasteiger partial charge in [-0.05, 0) is 76.4 Å². The summed E-state index contributed by atoms with van der Waals surface area (Å²) in [4.78, 5) is 39.8. The molecule has 1 aliphatic heterocycles. The molecule has 0 atom stereocenters. The van der Waals surface area contributed by atoms with Crippen LogP contribution in [-0.2, 0) is 16.0 Å². The first kappa shape index (κ1) is 23.0. The Morgan fingerprint density at radius 1 is 0.917 bits per heavy atom. The molecule has 1 heterocycles. The Hall–Kier alpha value is -4.78. The number of carbonyl (C=O) groups excluding carboxylic acids is 3. The lowest BCUT2D eigenvalue weighted by Crippen LogP contribution is -2.54. The fraction of sp³-hybridized carbons (Fsp3) is 0.0690. The molecule has 36 heavy (non-hydrogen) atoms. The Morgan fingerprint density at radius 2 is 1.69 bits per heavy atom. The van der Waals surface area contributed by atoms with Gasteiger partial charge in [0.15, 0.2) is 0 Å². The van der Waals surface area contributed by atoms with Crippen LogP contribution in [0.25, 0.3) is 16.8 Å². The number of carbonyl (C=O) groups is 3. The van der Waals surface area contributed by atoms with Gasteiger partial charge < -0.3 is 4.74 Å². The van der Waals surface area contributed by atoms with E-state index in [1.165, 1.54) is 25.3 Å². The standard InChI is InChI=1S/C29H21FN2O4/c1-36-23-13-11-22(12-14-23)32-28(34)26(27(33)31-29(32)35)17-25-20(15-18-5-4-7-21(30)16-18)10-9-19-6-2-3-8-24(19)25/h2-14,16-17H,15H2,1H3,(H,31,33,35)/b26-17+. The largest absolute Gasteiger partial charge is 0.497 e. The monoisotopic (exact) mass is 480 g/mol. The van der Waals surface area contributed by atoms with Crippen LogP contribution in [-0.4, -0.2) is 25.0 Å². The zero-order valence-electron chi connectivity index (χ0n) is 19.3. The van der Waals surface area contributed by atoms with Crippen molar-refractivity contribution >= 4 is 40.4 Å². The van der Waals surface area contributed by atoms with Gasteiger partial charge >= 0.3 is 6.03 Å². The van der Waals surface area contributed by atoms with Gasteiger partial charge in [0, 0.05) is 0 Å². The smallest absolute Gasteiger partial charge is 0.335 e. The van der Waals surface area contributed by atoms with Crippen molar-refractivity contribution in [3.05, 3.63) is 113 Å². The quantitative estimate of drug-likeness (QED) is 0.313. The van der Waals surface area contributed by atoms with Crippen LogP contribution in [0.15, 0.2) is 90.5 Å². The second kappa shape index (κ2) is 9.46. The first-order chi connectivity index (χ1) is 17.4.